The molecule has 0 radical (unpaired) electrons. The van der Waals surface area contributed by atoms with E-state index in [-0.39, 0.29) is 5.56 Å². The second-order valence-corrected chi connectivity index (χ2v) is 5.97. The van der Waals surface area contributed by atoms with E-state index in [9.17, 15) is 4.79 Å². The van der Waals surface area contributed by atoms with Crippen molar-refractivity contribution in [3.05, 3.63) is 34.2 Å². The van der Waals surface area contributed by atoms with E-state index in [0.717, 1.165) is 50.6 Å². The number of pyridine rings is 1. The van der Waals surface area contributed by atoms with Gasteiger partial charge >= 0.3 is 0 Å². The van der Waals surface area contributed by atoms with E-state index in [1.165, 1.54) is 0 Å². The van der Waals surface area contributed by atoms with Gasteiger partial charge in [-0.25, -0.2) is 0 Å². The Balaban J connectivity index is 2.23. The van der Waals surface area contributed by atoms with Crippen LogP contribution in [0.2, 0.25) is 0 Å². The van der Waals surface area contributed by atoms with Crippen molar-refractivity contribution in [1.82, 2.24) is 15.2 Å². The minimum absolute atomic E-state index is 0.0825. The lowest BCUT2D eigenvalue weighted by Crippen LogP contribution is -2.38. The number of guanidine groups is 1. The number of aliphatic imine (C=N–C) groups is 1. The molecule has 0 aliphatic carbocycles. The van der Waals surface area contributed by atoms with Crippen molar-refractivity contribution in [1.29, 1.82) is 0 Å². The average molecular weight is 306 g/mol. The van der Waals surface area contributed by atoms with Crippen molar-refractivity contribution in [3.63, 3.8) is 0 Å². The Labute approximate surface area is 133 Å². The molecular formula is C17H30N4O. The van der Waals surface area contributed by atoms with Gasteiger partial charge in [0.2, 0.25) is 0 Å². The molecule has 5 heteroatoms. The zero-order valence-electron chi connectivity index (χ0n) is 14.4. The maximum Gasteiger partial charge on any atom is 0.250 e. The van der Waals surface area contributed by atoms with Crippen molar-refractivity contribution in [2.45, 2.75) is 46.6 Å². The Morgan fingerprint density at radius 1 is 1.23 bits per heavy atom. The summed E-state index contributed by atoms with van der Waals surface area (Å²) in [5.41, 5.74) is 1.10. The van der Waals surface area contributed by atoms with Crippen molar-refractivity contribution >= 4 is 5.96 Å². The molecule has 1 rings (SSSR count). The summed E-state index contributed by atoms with van der Waals surface area (Å²) >= 11 is 0. The molecule has 1 aromatic heterocycles. The highest BCUT2D eigenvalue weighted by atomic mass is 16.1. The van der Waals surface area contributed by atoms with Crippen LogP contribution in [0.3, 0.4) is 0 Å². The fourth-order valence-electron chi connectivity index (χ4n) is 2.21. The van der Waals surface area contributed by atoms with Gasteiger partial charge in [-0.1, -0.05) is 19.9 Å². The van der Waals surface area contributed by atoms with Gasteiger partial charge in [-0.2, -0.15) is 0 Å². The van der Waals surface area contributed by atoms with Gasteiger partial charge in [-0.15, -0.1) is 0 Å². The summed E-state index contributed by atoms with van der Waals surface area (Å²) in [6, 6.07) is 5.40. The third-order valence-corrected chi connectivity index (χ3v) is 3.61. The fraction of sp³-hybridized carbons (Fsp3) is 0.647. The van der Waals surface area contributed by atoms with Gasteiger partial charge in [-0.05, 0) is 38.2 Å². The molecule has 1 heterocycles. The number of hydrogen-bond acceptors (Lipinski definition) is 2. The summed E-state index contributed by atoms with van der Waals surface area (Å²) in [5.74, 6) is 1.55. The first-order valence-corrected chi connectivity index (χ1v) is 8.15. The van der Waals surface area contributed by atoms with Crippen molar-refractivity contribution in [2.75, 3.05) is 20.1 Å². The van der Waals surface area contributed by atoms with Crippen LogP contribution in [0.15, 0.2) is 28.0 Å². The Morgan fingerprint density at radius 2 is 1.95 bits per heavy atom. The summed E-state index contributed by atoms with van der Waals surface area (Å²) in [6.07, 6.45) is 3.11. The van der Waals surface area contributed by atoms with Crippen LogP contribution in [0.25, 0.3) is 0 Å². The van der Waals surface area contributed by atoms with Gasteiger partial charge in [0.25, 0.3) is 5.56 Å². The number of nitrogens with zero attached hydrogens (tertiary/aromatic N) is 2. The standard InChI is InChI=1S/C17H30N4O/c1-14(2)10-12-20-17(18-4)19-11-5-6-13-21-15(3)8-7-9-16(21)22/h7-9,14H,5-6,10-13H2,1-4H3,(H2,18,19,20). The van der Waals surface area contributed by atoms with Crippen LogP contribution in [0.4, 0.5) is 0 Å². The van der Waals surface area contributed by atoms with Gasteiger partial charge in [0.15, 0.2) is 5.96 Å². The molecular weight excluding hydrogens is 276 g/mol. The molecule has 5 nitrogen and oxygen atoms in total. The number of nitrogens with one attached hydrogen (secondary N) is 2. The maximum atomic E-state index is 11.7. The molecule has 2 N–H and O–H groups in total. The average Bonchev–Trinajstić information content (AvgIpc) is 2.47. The SMILES string of the molecule is CN=C(NCCCCn1c(C)cccc1=O)NCCC(C)C. The van der Waals surface area contributed by atoms with Crippen molar-refractivity contribution < 1.29 is 0 Å². The lowest BCUT2D eigenvalue weighted by molar-refractivity contribution is 0.563. The van der Waals surface area contributed by atoms with E-state index in [4.69, 9.17) is 0 Å². The lowest BCUT2D eigenvalue weighted by atomic mass is 10.1. The summed E-state index contributed by atoms with van der Waals surface area (Å²) in [5, 5.41) is 6.62. The normalized spacial score (nSPS) is 11.8. The highest BCUT2D eigenvalue weighted by molar-refractivity contribution is 5.79. The molecule has 0 unspecified atom stereocenters. The van der Waals surface area contributed by atoms with Gasteiger partial charge in [-0.3, -0.25) is 9.79 Å². The molecule has 0 bridgehead atoms. The van der Waals surface area contributed by atoms with E-state index in [1.807, 2.05) is 23.6 Å². The van der Waals surface area contributed by atoms with Crippen molar-refractivity contribution in [3.8, 4) is 0 Å². The van der Waals surface area contributed by atoms with E-state index in [2.05, 4.69) is 29.5 Å². The quantitative estimate of drug-likeness (QED) is 0.439. The summed E-state index contributed by atoms with van der Waals surface area (Å²) in [6.45, 7) is 8.97. The van der Waals surface area contributed by atoms with Gasteiger partial charge in [0.1, 0.15) is 0 Å². The predicted octanol–water partition coefficient (Wildman–Crippen LogP) is 2.15. The molecule has 0 atom stereocenters. The smallest absolute Gasteiger partial charge is 0.250 e. The number of unbranched alkanes of at least 4 members (excludes halogenated alkanes) is 1. The third-order valence-electron chi connectivity index (χ3n) is 3.61. The van der Waals surface area contributed by atoms with Crippen LogP contribution >= 0.6 is 0 Å². The number of hydrogen-bond donors (Lipinski definition) is 2. The molecule has 0 fully saturated rings. The number of rotatable bonds is 8. The van der Waals surface area contributed by atoms with Crippen LogP contribution in [0, 0.1) is 12.8 Å². The fourth-order valence-corrected chi connectivity index (χ4v) is 2.21. The first-order chi connectivity index (χ1) is 10.5. The molecule has 0 aromatic carbocycles. The largest absolute Gasteiger partial charge is 0.356 e. The Kier molecular flexibility index (Phi) is 8.33. The predicted molar refractivity (Wildman–Crippen MR) is 93.5 cm³/mol. The topological polar surface area (TPSA) is 58.4 Å². The molecule has 0 amide bonds. The summed E-state index contributed by atoms with van der Waals surface area (Å²) in [7, 11) is 1.79. The van der Waals surface area contributed by atoms with E-state index >= 15 is 0 Å². The number of aryl methyl sites for hydroxylation is 1. The number of aromatic nitrogens is 1. The van der Waals surface area contributed by atoms with Gasteiger partial charge < -0.3 is 15.2 Å². The molecule has 1 aromatic rings. The van der Waals surface area contributed by atoms with Gasteiger partial charge in [0, 0.05) is 38.4 Å². The molecule has 0 aliphatic heterocycles. The zero-order chi connectivity index (χ0) is 16.4. The summed E-state index contributed by atoms with van der Waals surface area (Å²) in [4.78, 5) is 16.0. The molecule has 0 saturated heterocycles. The van der Waals surface area contributed by atoms with Crippen molar-refractivity contribution in [2.24, 2.45) is 10.9 Å². The Bertz CT molecular complexity index is 520. The second-order valence-electron chi connectivity index (χ2n) is 5.97. The molecule has 22 heavy (non-hydrogen) atoms. The van der Waals surface area contributed by atoms with Crippen LogP contribution < -0.4 is 16.2 Å². The van der Waals surface area contributed by atoms with E-state index in [0.29, 0.717) is 5.92 Å². The van der Waals surface area contributed by atoms with Crippen LogP contribution in [0.5, 0.6) is 0 Å². The molecule has 0 saturated carbocycles. The second kappa shape index (κ2) is 10.0. The Hall–Kier alpha value is -1.78. The summed E-state index contributed by atoms with van der Waals surface area (Å²) < 4.78 is 1.83. The minimum Gasteiger partial charge on any atom is -0.356 e. The highest BCUT2D eigenvalue weighted by Crippen LogP contribution is 1.98. The van der Waals surface area contributed by atoms with Gasteiger partial charge in [0.05, 0.1) is 0 Å². The van der Waals surface area contributed by atoms with Crippen LogP contribution in [0.1, 0.15) is 38.8 Å². The third kappa shape index (κ3) is 6.78. The van der Waals surface area contributed by atoms with E-state index < -0.39 is 0 Å². The van der Waals surface area contributed by atoms with Crippen LogP contribution in [-0.4, -0.2) is 30.7 Å². The maximum absolute atomic E-state index is 11.7. The molecule has 0 spiro atoms. The van der Waals surface area contributed by atoms with E-state index in [1.54, 1.807) is 13.1 Å². The molecule has 0 aliphatic rings. The molecule has 124 valence electrons. The Morgan fingerprint density at radius 3 is 2.59 bits per heavy atom. The first-order valence-electron chi connectivity index (χ1n) is 8.15. The highest BCUT2D eigenvalue weighted by Gasteiger charge is 2.00. The zero-order valence-corrected chi connectivity index (χ0v) is 14.4. The lowest BCUT2D eigenvalue weighted by Gasteiger charge is -2.13. The minimum atomic E-state index is 0.0825. The van der Waals surface area contributed by atoms with Crippen LogP contribution in [-0.2, 0) is 6.54 Å². The first kappa shape index (κ1) is 18.3. The monoisotopic (exact) mass is 306 g/mol.